The second kappa shape index (κ2) is 7.61. The van der Waals surface area contributed by atoms with Crippen molar-refractivity contribution in [1.29, 1.82) is 0 Å². The Kier molecular flexibility index (Phi) is 4.79. The molecule has 1 fully saturated rings. The fourth-order valence-corrected chi connectivity index (χ4v) is 4.33. The highest BCUT2D eigenvalue weighted by molar-refractivity contribution is 6.31. The lowest BCUT2D eigenvalue weighted by Crippen LogP contribution is -2.50. The van der Waals surface area contributed by atoms with Gasteiger partial charge in [-0.2, -0.15) is 0 Å². The Morgan fingerprint density at radius 1 is 1.00 bits per heavy atom. The topological polar surface area (TPSA) is 65.1 Å². The van der Waals surface area contributed by atoms with Gasteiger partial charge in [0.1, 0.15) is 0 Å². The van der Waals surface area contributed by atoms with E-state index in [0.29, 0.717) is 13.1 Å². The van der Waals surface area contributed by atoms with Gasteiger partial charge in [0.2, 0.25) is 11.9 Å². The molecule has 7 heteroatoms. The van der Waals surface area contributed by atoms with E-state index in [1.54, 1.807) is 12.4 Å². The standard InChI is InChI=1S/C23H22ClN5O/c1-15(22(30)28-9-11-29(12-10-28)23-25-7-2-8-26-23)16-3-5-18-19-14-17(24)4-6-20(19)27-21(18)13-16/h2-8,13-15,27H,9-12H2,1H3/t15-/m0/s1. The van der Waals surface area contributed by atoms with Crippen LogP contribution in [0.3, 0.4) is 0 Å². The first-order valence-corrected chi connectivity index (χ1v) is 10.5. The molecule has 30 heavy (non-hydrogen) atoms. The van der Waals surface area contributed by atoms with Gasteiger partial charge in [-0.3, -0.25) is 4.79 Å². The molecule has 2 aromatic carbocycles. The Balaban J connectivity index is 1.33. The zero-order valence-electron chi connectivity index (χ0n) is 16.7. The summed E-state index contributed by atoms with van der Waals surface area (Å²) >= 11 is 6.16. The maximum atomic E-state index is 13.1. The van der Waals surface area contributed by atoms with E-state index in [-0.39, 0.29) is 11.8 Å². The summed E-state index contributed by atoms with van der Waals surface area (Å²) in [6.45, 7) is 4.81. The van der Waals surface area contributed by atoms with Crippen molar-refractivity contribution >= 4 is 45.3 Å². The number of anilines is 1. The Bertz CT molecular complexity index is 1210. The van der Waals surface area contributed by atoms with E-state index in [4.69, 9.17) is 11.6 Å². The number of amides is 1. The van der Waals surface area contributed by atoms with Crippen LogP contribution in [0.15, 0.2) is 54.9 Å². The van der Waals surface area contributed by atoms with E-state index in [1.807, 2.05) is 42.2 Å². The number of carbonyl (C=O) groups is 1. The third-order valence-electron chi connectivity index (χ3n) is 5.88. The van der Waals surface area contributed by atoms with E-state index in [0.717, 1.165) is 51.4 Å². The van der Waals surface area contributed by atoms with Gasteiger partial charge < -0.3 is 14.8 Å². The number of nitrogens with one attached hydrogen (secondary N) is 1. The van der Waals surface area contributed by atoms with Crippen LogP contribution >= 0.6 is 11.6 Å². The molecule has 0 radical (unpaired) electrons. The van der Waals surface area contributed by atoms with Crippen LogP contribution in [-0.4, -0.2) is 51.9 Å². The highest BCUT2D eigenvalue weighted by Crippen LogP contribution is 2.30. The molecule has 4 aromatic rings. The normalized spacial score (nSPS) is 15.7. The summed E-state index contributed by atoms with van der Waals surface area (Å²) in [6, 6.07) is 13.9. The first kappa shape index (κ1) is 18.9. The number of piperazine rings is 1. The average Bonchev–Trinajstić information content (AvgIpc) is 3.16. The maximum absolute atomic E-state index is 13.1. The van der Waals surface area contributed by atoms with Crippen LogP contribution in [0.4, 0.5) is 5.95 Å². The Labute approximate surface area is 179 Å². The molecule has 152 valence electrons. The lowest BCUT2D eigenvalue weighted by molar-refractivity contribution is -0.132. The minimum absolute atomic E-state index is 0.155. The number of halogens is 1. The van der Waals surface area contributed by atoms with E-state index >= 15 is 0 Å². The molecule has 1 aliphatic rings. The van der Waals surface area contributed by atoms with Crippen LogP contribution in [0.25, 0.3) is 21.8 Å². The van der Waals surface area contributed by atoms with Crippen molar-refractivity contribution in [1.82, 2.24) is 19.9 Å². The fraction of sp³-hybridized carbons (Fsp3) is 0.261. The second-order valence-corrected chi connectivity index (χ2v) is 8.14. The van der Waals surface area contributed by atoms with Crippen LogP contribution in [-0.2, 0) is 4.79 Å². The number of carbonyl (C=O) groups excluding carboxylic acids is 1. The lowest BCUT2D eigenvalue weighted by Gasteiger charge is -2.36. The molecular formula is C23H22ClN5O. The van der Waals surface area contributed by atoms with Crippen LogP contribution in [0, 0.1) is 0 Å². The Hall–Kier alpha value is -3.12. The van der Waals surface area contributed by atoms with Crippen LogP contribution in [0.1, 0.15) is 18.4 Å². The van der Waals surface area contributed by atoms with Crippen molar-refractivity contribution in [3.05, 3.63) is 65.4 Å². The summed E-state index contributed by atoms with van der Waals surface area (Å²) in [7, 11) is 0. The number of benzene rings is 2. The smallest absolute Gasteiger partial charge is 0.229 e. The molecule has 6 nitrogen and oxygen atoms in total. The van der Waals surface area contributed by atoms with Gasteiger partial charge in [0.15, 0.2) is 0 Å². The van der Waals surface area contributed by atoms with Gasteiger partial charge in [0.25, 0.3) is 0 Å². The molecule has 1 N–H and O–H groups in total. The van der Waals surface area contributed by atoms with Crippen molar-refractivity contribution in [2.24, 2.45) is 0 Å². The second-order valence-electron chi connectivity index (χ2n) is 7.70. The number of hydrogen-bond acceptors (Lipinski definition) is 4. The summed E-state index contributed by atoms with van der Waals surface area (Å²) in [5.74, 6) is 0.674. The highest BCUT2D eigenvalue weighted by Gasteiger charge is 2.27. The summed E-state index contributed by atoms with van der Waals surface area (Å²) < 4.78 is 0. The van der Waals surface area contributed by atoms with E-state index < -0.39 is 0 Å². The Morgan fingerprint density at radius 2 is 1.77 bits per heavy atom. The number of aromatic amines is 1. The minimum Gasteiger partial charge on any atom is -0.355 e. The summed E-state index contributed by atoms with van der Waals surface area (Å²) in [4.78, 5) is 29.3. The SMILES string of the molecule is C[C@H](C(=O)N1CCN(c2ncccn2)CC1)c1ccc2c(c1)[nH]c1ccc(Cl)cc12. The van der Waals surface area contributed by atoms with Crippen LogP contribution in [0.2, 0.25) is 5.02 Å². The molecule has 1 saturated heterocycles. The molecular weight excluding hydrogens is 398 g/mol. The summed E-state index contributed by atoms with van der Waals surface area (Å²) in [5, 5.41) is 2.94. The number of nitrogens with zero attached hydrogens (tertiary/aromatic N) is 4. The van der Waals surface area contributed by atoms with Gasteiger partial charge in [0, 0.05) is 65.4 Å². The fourth-order valence-electron chi connectivity index (χ4n) is 4.16. The molecule has 1 atom stereocenters. The molecule has 0 aliphatic carbocycles. The number of rotatable bonds is 3. The van der Waals surface area contributed by atoms with Crippen LogP contribution < -0.4 is 4.90 Å². The van der Waals surface area contributed by atoms with Gasteiger partial charge in [-0.05, 0) is 42.8 Å². The molecule has 0 saturated carbocycles. The van der Waals surface area contributed by atoms with Crippen molar-refractivity contribution < 1.29 is 4.79 Å². The van der Waals surface area contributed by atoms with Gasteiger partial charge in [-0.1, -0.05) is 23.7 Å². The molecule has 0 bridgehead atoms. The molecule has 0 spiro atoms. The Morgan fingerprint density at radius 3 is 2.53 bits per heavy atom. The highest BCUT2D eigenvalue weighted by atomic mass is 35.5. The van der Waals surface area contributed by atoms with Gasteiger partial charge in [0.05, 0.1) is 5.92 Å². The third-order valence-corrected chi connectivity index (χ3v) is 6.12. The minimum atomic E-state index is -0.205. The lowest BCUT2D eigenvalue weighted by atomic mass is 9.98. The molecule has 2 aromatic heterocycles. The molecule has 5 rings (SSSR count). The largest absolute Gasteiger partial charge is 0.355 e. The molecule has 1 aliphatic heterocycles. The third kappa shape index (κ3) is 3.37. The number of hydrogen-bond donors (Lipinski definition) is 1. The van der Waals surface area contributed by atoms with Gasteiger partial charge in [-0.25, -0.2) is 9.97 Å². The van der Waals surface area contributed by atoms with Crippen molar-refractivity contribution in [2.45, 2.75) is 12.8 Å². The number of aromatic nitrogens is 3. The maximum Gasteiger partial charge on any atom is 0.229 e. The first-order valence-electron chi connectivity index (χ1n) is 10.1. The quantitative estimate of drug-likeness (QED) is 0.540. The van der Waals surface area contributed by atoms with Crippen LogP contribution in [0.5, 0.6) is 0 Å². The van der Waals surface area contributed by atoms with E-state index in [9.17, 15) is 4.79 Å². The predicted octanol–water partition coefficient (Wildman–Crippen LogP) is 4.22. The van der Waals surface area contributed by atoms with Crippen molar-refractivity contribution in [3.8, 4) is 0 Å². The average molecular weight is 420 g/mol. The monoisotopic (exact) mass is 419 g/mol. The summed E-state index contributed by atoms with van der Waals surface area (Å²) in [6.07, 6.45) is 3.49. The predicted molar refractivity (Wildman–Crippen MR) is 120 cm³/mol. The van der Waals surface area contributed by atoms with E-state index in [2.05, 4.69) is 32.0 Å². The molecule has 0 unspecified atom stereocenters. The van der Waals surface area contributed by atoms with Gasteiger partial charge >= 0.3 is 0 Å². The zero-order valence-corrected chi connectivity index (χ0v) is 17.4. The van der Waals surface area contributed by atoms with Crippen molar-refractivity contribution in [2.75, 3.05) is 31.1 Å². The first-order chi connectivity index (χ1) is 14.6. The van der Waals surface area contributed by atoms with E-state index in [1.165, 1.54) is 0 Å². The molecule has 3 heterocycles. The zero-order chi connectivity index (χ0) is 20.7. The van der Waals surface area contributed by atoms with Crippen molar-refractivity contribution in [3.63, 3.8) is 0 Å². The summed E-state index contributed by atoms with van der Waals surface area (Å²) in [5.41, 5.74) is 3.08. The number of fused-ring (bicyclic) bond motifs is 3. The number of H-pyrrole nitrogens is 1. The van der Waals surface area contributed by atoms with Gasteiger partial charge in [-0.15, -0.1) is 0 Å². The molecule has 1 amide bonds.